The lowest BCUT2D eigenvalue weighted by molar-refractivity contribution is 0.206. The first-order valence-corrected chi connectivity index (χ1v) is 6.04. The van der Waals surface area contributed by atoms with Gasteiger partial charge >= 0.3 is 0 Å². The zero-order chi connectivity index (χ0) is 11.3. The number of hydrogen-bond donors (Lipinski definition) is 1. The van der Waals surface area contributed by atoms with Crippen molar-refractivity contribution in [2.75, 3.05) is 23.3 Å². The van der Waals surface area contributed by atoms with E-state index in [0.29, 0.717) is 11.9 Å². The highest BCUT2D eigenvalue weighted by atomic mass is 79.9. The van der Waals surface area contributed by atoms with Crippen molar-refractivity contribution in [1.82, 2.24) is 0 Å². The minimum atomic E-state index is -0.407. The Kier molecular flexibility index (Phi) is 5.05. The van der Waals surface area contributed by atoms with Gasteiger partial charge < -0.3 is 10.0 Å². The van der Waals surface area contributed by atoms with E-state index in [1.54, 1.807) is 12.1 Å². The topological polar surface area (TPSA) is 23.5 Å². The van der Waals surface area contributed by atoms with Crippen molar-refractivity contribution >= 4 is 21.6 Å². The molecule has 0 fully saturated rings. The summed E-state index contributed by atoms with van der Waals surface area (Å²) < 4.78 is 12.7. The minimum Gasteiger partial charge on any atom is -0.390 e. The molecule has 1 aromatic carbocycles. The van der Waals surface area contributed by atoms with Gasteiger partial charge in [0.25, 0.3) is 0 Å². The van der Waals surface area contributed by atoms with E-state index in [-0.39, 0.29) is 5.82 Å². The van der Waals surface area contributed by atoms with E-state index in [2.05, 4.69) is 15.9 Å². The monoisotopic (exact) mass is 275 g/mol. The summed E-state index contributed by atoms with van der Waals surface area (Å²) in [4.78, 5) is 2.01. The molecule has 1 N–H and O–H groups in total. The lowest BCUT2D eigenvalue weighted by atomic mass is 10.2. The van der Waals surface area contributed by atoms with E-state index in [0.717, 1.165) is 12.2 Å². The van der Waals surface area contributed by atoms with Gasteiger partial charge in [-0.25, -0.2) is 4.39 Å². The lowest BCUT2D eigenvalue weighted by Gasteiger charge is -2.25. The molecule has 2 nitrogen and oxygen atoms in total. The van der Waals surface area contributed by atoms with Gasteiger partial charge in [0, 0.05) is 24.1 Å². The minimum absolute atomic E-state index is 0.240. The fourth-order valence-corrected chi connectivity index (χ4v) is 1.58. The van der Waals surface area contributed by atoms with Crippen LogP contribution in [-0.4, -0.2) is 29.6 Å². The number of likely N-dealkylation sites (N-methyl/N-ethyl adjacent to an activating group) is 1. The van der Waals surface area contributed by atoms with E-state index < -0.39 is 6.10 Å². The number of rotatable bonds is 5. The molecule has 1 aromatic rings. The van der Waals surface area contributed by atoms with Crippen LogP contribution in [-0.2, 0) is 0 Å². The quantitative estimate of drug-likeness (QED) is 0.835. The van der Waals surface area contributed by atoms with Gasteiger partial charge in [-0.05, 0) is 31.2 Å². The molecule has 0 spiro atoms. The van der Waals surface area contributed by atoms with E-state index in [1.807, 2.05) is 11.8 Å². The Morgan fingerprint density at radius 3 is 2.47 bits per heavy atom. The number of halogens is 2. The van der Waals surface area contributed by atoms with Crippen molar-refractivity contribution in [3.05, 3.63) is 30.1 Å². The lowest BCUT2D eigenvalue weighted by Crippen LogP contribution is -2.33. The van der Waals surface area contributed by atoms with Crippen LogP contribution in [0.2, 0.25) is 0 Å². The summed E-state index contributed by atoms with van der Waals surface area (Å²) in [6, 6.07) is 6.30. The summed E-state index contributed by atoms with van der Waals surface area (Å²) >= 11 is 3.22. The Balaban J connectivity index is 2.69. The van der Waals surface area contributed by atoms with E-state index in [4.69, 9.17) is 0 Å². The number of aliphatic hydroxyl groups excluding tert-OH is 1. The van der Waals surface area contributed by atoms with Gasteiger partial charge in [0.1, 0.15) is 5.82 Å². The Morgan fingerprint density at radius 1 is 1.40 bits per heavy atom. The number of alkyl halides is 1. The average Bonchev–Trinajstić information content (AvgIpc) is 2.27. The van der Waals surface area contributed by atoms with Crippen molar-refractivity contribution < 1.29 is 9.50 Å². The SMILES string of the molecule is CCN(CC(O)CBr)c1ccc(F)cc1. The molecule has 1 unspecified atom stereocenters. The molecule has 1 atom stereocenters. The van der Waals surface area contributed by atoms with Crippen molar-refractivity contribution in [1.29, 1.82) is 0 Å². The van der Waals surface area contributed by atoms with Crippen LogP contribution in [0.15, 0.2) is 24.3 Å². The van der Waals surface area contributed by atoms with Crippen molar-refractivity contribution in [2.24, 2.45) is 0 Å². The van der Waals surface area contributed by atoms with E-state index in [1.165, 1.54) is 12.1 Å². The predicted octanol–water partition coefficient (Wildman–Crippen LogP) is 2.41. The summed E-state index contributed by atoms with van der Waals surface area (Å²) in [5, 5.41) is 10.1. The van der Waals surface area contributed by atoms with Gasteiger partial charge in [-0.3, -0.25) is 0 Å². The van der Waals surface area contributed by atoms with Crippen molar-refractivity contribution in [3.63, 3.8) is 0 Å². The van der Waals surface area contributed by atoms with Crippen LogP contribution >= 0.6 is 15.9 Å². The molecule has 0 aliphatic heterocycles. The molecule has 0 aliphatic rings. The molecule has 0 aliphatic carbocycles. The fraction of sp³-hybridized carbons (Fsp3) is 0.455. The molecular weight excluding hydrogens is 261 g/mol. The molecule has 0 saturated carbocycles. The zero-order valence-corrected chi connectivity index (χ0v) is 10.2. The van der Waals surface area contributed by atoms with Crippen LogP contribution in [0.4, 0.5) is 10.1 Å². The molecule has 4 heteroatoms. The molecule has 0 amide bonds. The van der Waals surface area contributed by atoms with Crippen LogP contribution in [0.3, 0.4) is 0 Å². The normalized spacial score (nSPS) is 12.5. The second-order valence-corrected chi connectivity index (χ2v) is 3.97. The Labute approximate surface area is 97.8 Å². The first-order chi connectivity index (χ1) is 7.17. The highest BCUT2D eigenvalue weighted by molar-refractivity contribution is 9.09. The largest absolute Gasteiger partial charge is 0.390 e. The van der Waals surface area contributed by atoms with Gasteiger partial charge in [0.15, 0.2) is 0 Å². The second-order valence-electron chi connectivity index (χ2n) is 3.32. The molecule has 1 rings (SSSR count). The Bertz CT molecular complexity index is 291. The fourth-order valence-electron chi connectivity index (χ4n) is 1.37. The average molecular weight is 276 g/mol. The number of nitrogens with zero attached hydrogens (tertiary/aromatic N) is 1. The summed E-state index contributed by atoms with van der Waals surface area (Å²) in [7, 11) is 0. The third-order valence-electron chi connectivity index (χ3n) is 2.18. The third kappa shape index (κ3) is 3.80. The smallest absolute Gasteiger partial charge is 0.123 e. The maximum Gasteiger partial charge on any atom is 0.123 e. The second kappa shape index (κ2) is 6.08. The number of benzene rings is 1. The van der Waals surface area contributed by atoms with E-state index >= 15 is 0 Å². The summed E-state index contributed by atoms with van der Waals surface area (Å²) in [5.41, 5.74) is 0.930. The van der Waals surface area contributed by atoms with Gasteiger partial charge in [-0.2, -0.15) is 0 Å². The summed E-state index contributed by atoms with van der Waals surface area (Å²) in [5.74, 6) is -0.240. The molecule has 15 heavy (non-hydrogen) atoms. The molecule has 0 saturated heterocycles. The predicted molar refractivity (Wildman–Crippen MR) is 64.1 cm³/mol. The van der Waals surface area contributed by atoms with Crippen LogP contribution in [0.5, 0.6) is 0 Å². The Hall–Kier alpha value is -0.610. The standard InChI is InChI=1S/C11H15BrFNO/c1-2-14(8-11(15)7-12)10-5-3-9(13)4-6-10/h3-6,11,15H,2,7-8H2,1H3. The van der Waals surface area contributed by atoms with E-state index in [9.17, 15) is 9.50 Å². The van der Waals surface area contributed by atoms with Crippen LogP contribution in [0, 0.1) is 5.82 Å². The highest BCUT2D eigenvalue weighted by Crippen LogP contribution is 2.15. The molecule has 84 valence electrons. The first kappa shape index (κ1) is 12.5. The maximum atomic E-state index is 12.7. The molecule has 0 aromatic heterocycles. The van der Waals surface area contributed by atoms with Gasteiger partial charge in [-0.15, -0.1) is 0 Å². The Morgan fingerprint density at radius 2 is 2.00 bits per heavy atom. The molecule has 0 heterocycles. The van der Waals surface area contributed by atoms with Crippen LogP contribution in [0.25, 0.3) is 0 Å². The maximum absolute atomic E-state index is 12.7. The molecule has 0 bridgehead atoms. The van der Waals surface area contributed by atoms with Gasteiger partial charge in [0.05, 0.1) is 6.10 Å². The molecular formula is C11H15BrFNO. The summed E-state index contributed by atoms with van der Waals surface area (Å²) in [6.45, 7) is 3.34. The molecule has 0 radical (unpaired) electrons. The third-order valence-corrected chi connectivity index (χ3v) is 2.93. The highest BCUT2D eigenvalue weighted by Gasteiger charge is 2.09. The van der Waals surface area contributed by atoms with Gasteiger partial charge in [-0.1, -0.05) is 15.9 Å². The first-order valence-electron chi connectivity index (χ1n) is 4.92. The van der Waals surface area contributed by atoms with Crippen molar-refractivity contribution in [3.8, 4) is 0 Å². The summed E-state index contributed by atoms with van der Waals surface area (Å²) in [6.07, 6.45) is -0.407. The van der Waals surface area contributed by atoms with Crippen molar-refractivity contribution in [2.45, 2.75) is 13.0 Å². The zero-order valence-electron chi connectivity index (χ0n) is 8.66. The van der Waals surface area contributed by atoms with Gasteiger partial charge in [0.2, 0.25) is 0 Å². The number of anilines is 1. The number of hydrogen-bond acceptors (Lipinski definition) is 2. The van der Waals surface area contributed by atoms with Crippen LogP contribution < -0.4 is 4.90 Å². The van der Waals surface area contributed by atoms with Crippen LogP contribution in [0.1, 0.15) is 6.92 Å². The number of aliphatic hydroxyl groups is 1.